The van der Waals surface area contributed by atoms with E-state index >= 15 is 0 Å². The molecular formula is C19H27N3O2. The maximum atomic E-state index is 12.5. The summed E-state index contributed by atoms with van der Waals surface area (Å²) in [5.74, 6) is 0.0563. The molecule has 2 aromatic rings. The quantitative estimate of drug-likeness (QED) is 0.914. The predicted octanol–water partition coefficient (Wildman–Crippen LogP) is 2.18. The molecule has 0 saturated carbocycles. The molecule has 0 bridgehead atoms. The Balaban J connectivity index is 1.62. The summed E-state index contributed by atoms with van der Waals surface area (Å²) in [6.07, 6.45) is 0. The van der Waals surface area contributed by atoms with Crippen molar-refractivity contribution < 1.29 is 9.53 Å². The minimum absolute atomic E-state index is 0.0563. The van der Waals surface area contributed by atoms with Crippen LogP contribution in [0.3, 0.4) is 0 Å². The second kappa shape index (κ2) is 6.95. The molecule has 1 aliphatic rings. The molecule has 0 spiro atoms. The van der Waals surface area contributed by atoms with Gasteiger partial charge in [0.25, 0.3) is 0 Å². The number of ether oxygens (including phenoxy) is 1. The van der Waals surface area contributed by atoms with Gasteiger partial charge in [0.15, 0.2) is 0 Å². The number of benzene rings is 1. The van der Waals surface area contributed by atoms with Gasteiger partial charge in [-0.05, 0) is 38.3 Å². The minimum atomic E-state index is -0.0623. The fourth-order valence-electron chi connectivity index (χ4n) is 3.35. The summed E-state index contributed by atoms with van der Waals surface area (Å²) < 4.78 is 7.49. The van der Waals surface area contributed by atoms with Crippen LogP contribution in [0.5, 0.6) is 0 Å². The number of aryl methyl sites for hydroxylation is 1. The van der Waals surface area contributed by atoms with Gasteiger partial charge in [0, 0.05) is 36.4 Å². The molecule has 1 aliphatic heterocycles. The summed E-state index contributed by atoms with van der Waals surface area (Å²) in [5, 5.41) is 4.29. The normalized spacial score (nSPS) is 16.5. The van der Waals surface area contributed by atoms with Gasteiger partial charge in [0.2, 0.25) is 5.91 Å². The van der Waals surface area contributed by atoms with Gasteiger partial charge in [-0.2, -0.15) is 0 Å². The van der Waals surface area contributed by atoms with Gasteiger partial charge >= 0.3 is 0 Å². The van der Waals surface area contributed by atoms with E-state index in [2.05, 4.69) is 46.8 Å². The lowest BCUT2D eigenvalue weighted by Crippen LogP contribution is -2.55. The number of fused-ring (bicyclic) bond motifs is 1. The van der Waals surface area contributed by atoms with E-state index < -0.39 is 0 Å². The molecule has 0 unspecified atom stereocenters. The Morgan fingerprint density at radius 1 is 1.25 bits per heavy atom. The molecule has 1 aromatic carbocycles. The Morgan fingerprint density at radius 2 is 1.96 bits per heavy atom. The van der Waals surface area contributed by atoms with Gasteiger partial charge in [-0.1, -0.05) is 18.2 Å². The molecule has 2 heterocycles. The lowest BCUT2D eigenvalue weighted by atomic mass is 10.0. The molecule has 5 nitrogen and oxygen atoms in total. The van der Waals surface area contributed by atoms with Crippen LogP contribution < -0.4 is 5.32 Å². The van der Waals surface area contributed by atoms with Gasteiger partial charge in [-0.15, -0.1) is 0 Å². The lowest BCUT2D eigenvalue weighted by Gasteiger charge is -2.40. The zero-order valence-electron chi connectivity index (χ0n) is 14.8. The number of amides is 1. The summed E-state index contributed by atoms with van der Waals surface area (Å²) in [7, 11) is 0. The van der Waals surface area contributed by atoms with E-state index in [1.54, 1.807) is 0 Å². The Morgan fingerprint density at radius 3 is 2.71 bits per heavy atom. The van der Waals surface area contributed by atoms with E-state index in [0.717, 1.165) is 37.5 Å². The number of aromatic nitrogens is 1. The van der Waals surface area contributed by atoms with Crippen LogP contribution in [0.1, 0.15) is 19.5 Å². The number of hydrogen-bond donors (Lipinski definition) is 1. The van der Waals surface area contributed by atoms with Crippen molar-refractivity contribution in [3.63, 3.8) is 0 Å². The highest BCUT2D eigenvalue weighted by Gasteiger charge is 2.28. The standard InChI is InChI=1S/C19H27N3O2/c1-15-12-16-6-4-5-7-17(16)22(15)13-18(23)20-14-19(2,3)21-8-10-24-11-9-21/h4-7,12H,8-11,13-14H2,1-3H3,(H,20,23). The van der Waals surface area contributed by atoms with Gasteiger partial charge in [-0.25, -0.2) is 0 Å². The highest BCUT2D eigenvalue weighted by Crippen LogP contribution is 2.19. The number of nitrogens with one attached hydrogen (secondary N) is 1. The number of carbonyl (C=O) groups is 1. The summed E-state index contributed by atoms with van der Waals surface area (Å²) in [5.41, 5.74) is 2.16. The van der Waals surface area contributed by atoms with E-state index in [-0.39, 0.29) is 11.4 Å². The molecule has 3 rings (SSSR count). The van der Waals surface area contributed by atoms with Crippen molar-refractivity contribution in [3.05, 3.63) is 36.0 Å². The van der Waals surface area contributed by atoms with Crippen LogP contribution in [0.25, 0.3) is 10.9 Å². The van der Waals surface area contributed by atoms with Gasteiger partial charge in [0.1, 0.15) is 6.54 Å². The van der Waals surface area contributed by atoms with Crippen molar-refractivity contribution >= 4 is 16.8 Å². The number of nitrogens with zero attached hydrogens (tertiary/aromatic N) is 2. The number of rotatable bonds is 5. The number of carbonyl (C=O) groups excluding carboxylic acids is 1. The first-order valence-electron chi connectivity index (χ1n) is 8.62. The zero-order chi connectivity index (χ0) is 17.2. The van der Waals surface area contributed by atoms with Crippen molar-refractivity contribution in [2.75, 3.05) is 32.8 Å². The van der Waals surface area contributed by atoms with Crippen molar-refractivity contribution in [2.24, 2.45) is 0 Å². The lowest BCUT2D eigenvalue weighted by molar-refractivity contribution is -0.122. The first-order chi connectivity index (χ1) is 11.5. The Hall–Kier alpha value is -1.85. The summed E-state index contributed by atoms with van der Waals surface area (Å²) in [4.78, 5) is 14.8. The summed E-state index contributed by atoms with van der Waals surface area (Å²) in [6.45, 7) is 10.8. The smallest absolute Gasteiger partial charge is 0.240 e. The van der Waals surface area contributed by atoms with Crippen molar-refractivity contribution in [3.8, 4) is 0 Å². The van der Waals surface area contributed by atoms with Crippen LogP contribution in [0.15, 0.2) is 30.3 Å². The third-order valence-corrected chi connectivity index (χ3v) is 4.90. The summed E-state index contributed by atoms with van der Waals surface area (Å²) in [6, 6.07) is 10.3. The van der Waals surface area contributed by atoms with Crippen LogP contribution in [-0.2, 0) is 16.1 Å². The SMILES string of the molecule is Cc1cc2ccccc2n1CC(=O)NCC(C)(C)N1CCOCC1. The van der Waals surface area contributed by atoms with Crippen molar-refractivity contribution in [1.82, 2.24) is 14.8 Å². The Kier molecular flexibility index (Phi) is 4.92. The molecule has 130 valence electrons. The largest absolute Gasteiger partial charge is 0.379 e. The van der Waals surface area contributed by atoms with E-state index in [1.807, 2.05) is 19.1 Å². The van der Waals surface area contributed by atoms with E-state index in [4.69, 9.17) is 4.74 Å². The first kappa shape index (κ1) is 17.0. The topological polar surface area (TPSA) is 46.5 Å². The molecule has 1 saturated heterocycles. The fourth-order valence-corrected chi connectivity index (χ4v) is 3.35. The predicted molar refractivity (Wildman–Crippen MR) is 96.2 cm³/mol. The molecule has 1 N–H and O–H groups in total. The van der Waals surface area contributed by atoms with Crippen LogP contribution >= 0.6 is 0 Å². The molecule has 5 heteroatoms. The Labute approximate surface area is 143 Å². The highest BCUT2D eigenvalue weighted by atomic mass is 16.5. The van der Waals surface area contributed by atoms with Crippen LogP contribution in [0.2, 0.25) is 0 Å². The van der Waals surface area contributed by atoms with E-state index in [9.17, 15) is 4.79 Å². The van der Waals surface area contributed by atoms with E-state index in [0.29, 0.717) is 13.1 Å². The van der Waals surface area contributed by atoms with Crippen molar-refractivity contribution in [1.29, 1.82) is 0 Å². The maximum Gasteiger partial charge on any atom is 0.240 e. The molecule has 0 atom stereocenters. The number of hydrogen-bond acceptors (Lipinski definition) is 3. The minimum Gasteiger partial charge on any atom is -0.379 e. The molecule has 0 aliphatic carbocycles. The maximum absolute atomic E-state index is 12.5. The second-order valence-corrected chi connectivity index (χ2v) is 7.12. The zero-order valence-corrected chi connectivity index (χ0v) is 14.8. The Bertz CT molecular complexity index is 714. The third-order valence-electron chi connectivity index (χ3n) is 4.90. The average molecular weight is 329 g/mol. The highest BCUT2D eigenvalue weighted by molar-refractivity contribution is 5.84. The van der Waals surface area contributed by atoms with Crippen LogP contribution in [-0.4, -0.2) is 53.8 Å². The number of para-hydroxylation sites is 1. The molecule has 1 fully saturated rings. The van der Waals surface area contributed by atoms with Gasteiger partial charge < -0.3 is 14.6 Å². The molecule has 24 heavy (non-hydrogen) atoms. The molecule has 1 amide bonds. The van der Waals surface area contributed by atoms with Gasteiger partial charge in [0.05, 0.1) is 13.2 Å². The van der Waals surface area contributed by atoms with Crippen LogP contribution in [0, 0.1) is 6.92 Å². The fraction of sp³-hybridized carbons (Fsp3) is 0.526. The average Bonchev–Trinajstić information content (AvgIpc) is 2.90. The van der Waals surface area contributed by atoms with Gasteiger partial charge in [-0.3, -0.25) is 9.69 Å². The molecule has 0 radical (unpaired) electrons. The number of morpholine rings is 1. The summed E-state index contributed by atoms with van der Waals surface area (Å²) >= 11 is 0. The monoisotopic (exact) mass is 329 g/mol. The second-order valence-electron chi connectivity index (χ2n) is 7.12. The van der Waals surface area contributed by atoms with Crippen molar-refractivity contribution in [2.45, 2.75) is 32.9 Å². The molecular weight excluding hydrogens is 302 g/mol. The van der Waals surface area contributed by atoms with E-state index in [1.165, 1.54) is 5.39 Å². The third kappa shape index (κ3) is 3.62. The first-order valence-corrected chi connectivity index (χ1v) is 8.62. The van der Waals surface area contributed by atoms with Crippen LogP contribution in [0.4, 0.5) is 0 Å². The molecule has 1 aromatic heterocycles.